The van der Waals surface area contributed by atoms with Crippen LogP contribution in [0.15, 0.2) is 24.3 Å². The zero-order valence-corrected chi connectivity index (χ0v) is 8.81. The number of carbonyl (C=O) groups excluding carboxylic acids is 1. The van der Waals surface area contributed by atoms with Gasteiger partial charge in [-0.3, -0.25) is 10.1 Å². The second-order valence-electron chi connectivity index (χ2n) is 4.01. The molecule has 2 rings (SSSR count). The first kappa shape index (κ1) is 10.7. The van der Waals surface area contributed by atoms with Crippen molar-refractivity contribution in [1.82, 2.24) is 5.32 Å². The average molecular weight is 215 g/mol. The van der Waals surface area contributed by atoms with Crippen LogP contribution in [0.1, 0.15) is 30.0 Å². The molecule has 0 radical (unpaired) electrons. The summed E-state index contributed by atoms with van der Waals surface area (Å²) >= 11 is 0. The number of amides is 1. The van der Waals surface area contributed by atoms with Crippen LogP contribution in [0.2, 0.25) is 0 Å². The number of carbonyl (C=O) groups is 1. The molecule has 1 atom stereocenters. The second kappa shape index (κ2) is 4.33. The highest BCUT2D eigenvalue weighted by Gasteiger charge is 2.28. The lowest BCUT2D eigenvalue weighted by atomic mass is 10.0. The molecule has 1 aliphatic rings. The minimum Gasteiger partial charge on any atom is -0.368 e. The summed E-state index contributed by atoms with van der Waals surface area (Å²) in [6.45, 7) is 0. The summed E-state index contributed by atoms with van der Waals surface area (Å²) in [5.41, 5.74) is 6.75. The van der Waals surface area contributed by atoms with Crippen LogP contribution >= 0.6 is 0 Å². The van der Waals surface area contributed by atoms with Crippen molar-refractivity contribution in [3.63, 3.8) is 0 Å². The fraction of sp³-hybridized carbons (Fsp3) is 0.333. The van der Waals surface area contributed by atoms with E-state index < -0.39 is 6.04 Å². The van der Waals surface area contributed by atoms with Gasteiger partial charge >= 0.3 is 0 Å². The summed E-state index contributed by atoms with van der Waals surface area (Å²) in [5.74, 6) is -0.378. The topological polar surface area (TPSA) is 78.9 Å². The standard InChI is InChI=1S/C12H13N3O/c13-7-8-1-3-9(4-2-8)11(12(14)16)15-10-5-6-10/h1-4,10-11,15H,5-6H2,(H2,14,16). The van der Waals surface area contributed by atoms with Crippen molar-refractivity contribution in [3.8, 4) is 6.07 Å². The number of nitriles is 1. The third-order valence-corrected chi connectivity index (χ3v) is 2.64. The smallest absolute Gasteiger partial charge is 0.239 e. The first-order chi connectivity index (χ1) is 7.70. The normalized spacial score (nSPS) is 16.4. The molecule has 82 valence electrons. The highest BCUT2D eigenvalue weighted by Crippen LogP contribution is 2.24. The molecule has 1 aliphatic carbocycles. The predicted molar refractivity (Wildman–Crippen MR) is 59.3 cm³/mol. The van der Waals surface area contributed by atoms with E-state index in [2.05, 4.69) is 5.32 Å². The second-order valence-corrected chi connectivity index (χ2v) is 4.01. The van der Waals surface area contributed by atoms with Crippen LogP contribution < -0.4 is 11.1 Å². The van der Waals surface area contributed by atoms with Gasteiger partial charge in [0, 0.05) is 6.04 Å². The molecule has 0 aromatic heterocycles. The van der Waals surface area contributed by atoms with Gasteiger partial charge < -0.3 is 5.73 Å². The van der Waals surface area contributed by atoms with Gasteiger partial charge in [-0.1, -0.05) is 12.1 Å². The Kier molecular flexibility index (Phi) is 2.88. The van der Waals surface area contributed by atoms with E-state index in [0.29, 0.717) is 11.6 Å². The minimum atomic E-state index is -0.444. The Hall–Kier alpha value is -1.86. The number of nitrogens with two attached hydrogens (primary N) is 1. The van der Waals surface area contributed by atoms with Crippen molar-refractivity contribution in [1.29, 1.82) is 5.26 Å². The largest absolute Gasteiger partial charge is 0.368 e. The van der Waals surface area contributed by atoms with Crippen LogP contribution in [0.25, 0.3) is 0 Å². The molecule has 1 amide bonds. The number of benzene rings is 1. The SMILES string of the molecule is N#Cc1ccc(C(NC2CC2)C(N)=O)cc1. The van der Waals surface area contributed by atoms with E-state index in [1.165, 1.54) is 0 Å². The number of nitrogens with zero attached hydrogens (tertiary/aromatic N) is 1. The van der Waals surface area contributed by atoms with Crippen molar-refractivity contribution in [3.05, 3.63) is 35.4 Å². The van der Waals surface area contributed by atoms with Gasteiger partial charge in [0.2, 0.25) is 5.91 Å². The Morgan fingerprint density at radius 1 is 1.44 bits per heavy atom. The first-order valence-corrected chi connectivity index (χ1v) is 5.26. The van der Waals surface area contributed by atoms with Gasteiger partial charge in [-0.15, -0.1) is 0 Å². The van der Waals surface area contributed by atoms with Crippen molar-refractivity contribution >= 4 is 5.91 Å². The quantitative estimate of drug-likeness (QED) is 0.781. The van der Waals surface area contributed by atoms with Crippen LogP contribution in [0, 0.1) is 11.3 Å². The van der Waals surface area contributed by atoms with Gasteiger partial charge in [0.1, 0.15) is 6.04 Å². The molecular formula is C12H13N3O. The van der Waals surface area contributed by atoms with E-state index in [9.17, 15) is 4.79 Å². The lowest BCUT2D eigenvalue weighted by Crippen LogP contribution is -2.34. The Labute approximate surface area is 94.1 Å². The van der Waals surface area contributed by atoms with Crippen molar-refractivity contribution in [2.24, 2.45) is 5.73 Å². The summed E-state index contributed by atoms with van der Waals surface area (Å²) in [4.78, 5) is 11.3. The summed E-state index contributed by atoms with van der Waals surface area (Å²) in [6.07, 6.45) is 2.19. The van der Waals surface area contributed by atoms with Crippen LogP contribution in [0.3, 0.4) is 0 Å². The summed E-state index contributed by atoms with van der Waals surface area (Å²) < 4.78 is 0. The molecule has 4 heteroatoms. The minimum absolute atomic E-state index is 0.378. The molecule has 1 aromatic rings. The molecule has 3 N–H and O–H groups in total. The number of nitrogens with one attached hydrogen (secondary N) is 1. The van der Waals surface area contributed by atoms with E-state index in [1.54, 1.807) is 24.3 Å². The van der Waals surface area contributed by atoms with Crippen molar-refractivity contribution in [2.45, 2.75) is 24.9 Å². The van der Waals surface area contributed by atoms with E-state index >= 15 is 0 Å². The van der Waals surface area contributed by atoms with Crippen LogP contribution in [0.5, 0.6) is 0 Å². The third-order valence-electron chi connectivity index (χ3n) is 2.64. The maximum absolute atomic E-state index is 11.3. The van der Waals surface area contributed by atoms with Gasteiger partial charge in [-0.2, -0.15) is 5.26 Å². The molecule has 1 fully saturated rings. The van der Waals surface area contributed by atoms with Crippen LogP contribution in [-0.2, 0) is 4.79 Å². The molecule has 0 bridgehead atoms. The molecule has 1 aromatic carbocycles. The van der Waals surface area contributed by atoms with Gasteiger partial charge in [0.25, 0.3) is 0 Å². The van der Waals surface area contributed by atoms with E-state index in [-0.39, 0.29) is 5.91 Å². The summed E-state index contributed by atoms with van der Waals surface area (Å²) in [5, 5.41) is 11.9. The molecule has 0 aliphatic heterocycles. The Bertz CT molecular complexity index is 429. The molecule has 0 spiro atoms. The van der Waals surface area contributed by atoms with E-state index in [0.717, 1.165) is 18.4 Å². The number of primary amides is 1. The fourth-order valence-electron chi connectivity index (χ4n) is 1.58. The van der Waals surface area contributed by atoms with E-state index in [4.69, 9.17) is 11.0 Å². The summed E-state index contributed by atoms with van der Waals surface area (Å²) in [6, 6.07) is 8.93. The monoisotopic (exact) mass is 215 g/mol. The lowest BCUT2D eigenvalue weighted by Gasteiger charge is -2.15. The molecule has 1 unspecified atom stereocenters. The predicted octanol–water partition coefficient (Wildman–Crippen LogP) is 0.837. The maximum Gasteiger partial charge on any atom is 0.239 e. The average Bonchev–Trinajstić information content (AvgIpc) is 3.09. The van der Waals surface area contributed by atoms with Crippen molar-refractivity contribution in [2.75, 3.05) is 0 Å². The highest BCUT2D eigenvalue weighted by atomic mass is 16.1. The Morgan fingerprint density at radius 3 is 2.50 bits per heavy atom. The number of rotatable bonds is 4. The van der Waals surface area contributed by atoms with Crippen LogP contribution in [0.4, 0.5) is 0 Å². The molecule has 1 saturated carbocycles. The van der Waals surface area contributed by atoms with Gasteiger partial charge in [-0.25, -0.2) is 0 Å². The Balaban J connectivity index is 2.17. The van der Waals surface area contributed by atoms with Crippen LogP contribution in [-0.4, -0.2) is 11.9 Å². The third kappa shape index (κ3) is 2.38. The van der Waals surface area contributed by atoms with Gasteiger partial charge in [0.15, 0.2) is 0 Å². The summed E-state index contributed by atoms with van der Waals surface area (Å²) in [7, 11) is 0. The van der Waals surface area contributed by atoms with E-state index in [1.807, 2.05) is 6.07 Å². The lowest BCUT2D eigenvalue weighted by molar-refractivity contribution is -0.120. The van der Waals surface area contributed by atoms with Gasteiger partial charge in [-0.05, 0) is 30.5 Å². The number of hydrogen-bond acceptors (Lipinski definition) is 3. The Morgan fingerprint density at radius 2 is 2.06 bits per heavy atom. The molecule has 4 nitrogen and oxygen atoms in total. The first-order valence-electron chi connectivity index (χ1n) is 5.26. The molecular weight excluding hydrogens is 202 g/mol. The molecule has 0 saturated heterocycles. The van der Waals surface area contributed by atoms with Gasteiger partial charge in [0.05, 0.1) is 11.6 Å². The highest BCUT2D eigenvalue weighted by molar-refractivity contribution is 5.81. The number of hydrogen-bond donors (Lipinski definition) is 2. The zero-order valence-electron chi connectivity index (χ0n) is 8.81. The maximum atomic E-state index is 11.3. The molecule has 16 heavy (non-hydrogen) atoms. The zero-order chi connectivity index (χ0) is 11.5. The van der Waals surface area contributed by atoms with Crippen molar-refractivity contribution < 1.29 is 4.79 Å². The fourth-order valence-corrected chi connectivity index (χ4v) is 1.58. The molecule has 0 heterocycles.